The maximum Gasteiger partial charge on any atom is 0.352 e. The fourth-order valence-electron chi connectivity index (χ4n) is 2.59. The Morgan fingerprint density at radius 2 is 2.03 bits per heavy atom. The first-order valence-corrected chi connectivity index (χ1v) is 10.6. The first-order valence-electron chi connectivity index (χ1n) is 8.63. The second kappa shape index (κ2) is 9.41. The Kier molecular flexibility index (Phi) is 7.16. The molecule has 166 valence electrons. The van der Waals surface area contributed by atoms with Gasteiger partial charge in [0.2, 0.25) is 5.50 Å². The van der Waals surface area contributed by atoms with Crippen molar-refractivity contribution >= 4 is 21.5 Å². The van der Waals surface area contributed by atoms with E-state index in [2.05, 4.69) is 4.99 Å². The van der Waals surface area contributed by atoms with Crippen LogP contribution in [0.4, 0.5) is 0 Å². The summed E-state index contributed by atoms with van der Waals surface area (Å²) in [5, 5.41) is 21.4. The second-order valence-corrected chi connectivity index (χ2v) is 8.22. The number of esters is 1. The van der Waals surface area contributed by atoms with E-state index in [1.807, 2.05) is 6.07 Å². The van der Waals surface area contributed by atoms with E-state index in [1.165, 1.54) is 32.2 Å². The van der Waals surface area contributed by atoms with Gasteiger partial charge >= 0.3 is 11.7 Å². The number of carbonyl (C=O) groups is 1. The van der Waals surface area contributed by atoms with E-state index in [0.29, 0.717) is 5.01 Å². The Hall–Kier alpha value is -3.70. The number of rotatable bonds is 8. The fourth-order valence-corrected chi connectivity index (χ4v) is 3.42. The average molecular weight is 453 g/mol. The lowest BCUT2D eigenvalue weighted by Gasteiger charge is -2.30. The number of hydrazine groups is 1. The molecule has 13 nitrogen and oxygen atoms in total. The first-order chi connectivity index (χ1) is 14.5. The van der Waals surface area contributed by atoms with Gasteiger partial charge in [-0.2, -0.15) is 5.26 Å². The van der Waals surface area contributed by atoms with Gasteiger partial charge in [0.25, 0.3) is 5.88 Å². The summed E-state index contributed by atoms with van der Waals surface area (Å²) < 4.78 is 39.7. The van der Waals surface area contributed by atoms with Gasteiger partial charge in [0.15, 0.2) is 9.84 Å². The highest BCUT2D eigenvalue weighted by Gasteiger charge is 2.43. The second-order valence-electron chi connectivity index (χ2n) is 6.14. The van der Waals surface area contributed by atoms with Gasteiger partial charge in [0.05, 0.1) is 36.7 Å². The largest absolute Gasteiger partial charge is 0.497 e. The standard InChI is InChI=1S/C17H19N5O8S/c1-4-29-14(23)8-13-15(22(24)25)16(21(19)17(20-13)31(3,26)27)30-12-6-10(9-18)5-11(7-12)28-2/h5-7,17H,4,8,19H2,1-3H3. The summed E-state index contributed by atoms with van der Waals surface area (Å²) in [6.07, 6.45) is 0.134. The van der Waals surface area contributed by atoms with E-state index in [4.69, 9.17) is 25.3 Å². The minimum atomic E-state index is -4.01. The molecule has 0 saturated heterocycles. The Morgan fingerprint density at radius 3 is 2.55 bits per heavy atom. The monoisotopic (exact) mass is 453 g/mol. The van der Waals surface area contributed by atoms with Gasteiger partial charge in [-0.25, -0.2) is 24.3 Å². The van der Waals surface area contributed by atoms with Gasteiger partial charge in [-0.3, -0.25) is 14.9 Å². The number of methoxy groups -OCH3 is 1. The van der Waals surface area contributed by atoms with Crippen molar-refractivity contribution in [2.75, 3.05) is 20.0 Å². The number of sulfone groups is 1. The van der Waals surface area contributed by atoms with Crippen LogP contribution < -0.4 is 15.3 Å². The van der Waals surface area contributed by atoms with E-state index in [1.54, 1.807) is 0 Å². The molecule has 1 aliphatic rings. The number of hydrogen-bond donors (Lipinski definition) is 1. The molecule has 14 heteroatoms. The number of aliphatic imine (C=N–C) groups is 1. The van der Waals surface area contributed by atoms with Crippen molar-refractivity contribution in [2.24, 2.45) is 10.8 Å². The molecule has 1 atom stereocenters. The van der Waals surface area contributed by atoms with Crippen LogP contribution in [0.2, 0.25) is 0 Å². The fraction of sp³-hybridized carbons (Fsp3) is 0.353. The van der Waals surface area contributed by atoms with Crippen LogP contribution in [-0.4, -0.2) is 55.5 Å². The lowest BCUT2D eigenvalue weighted by molar-refractivity contribution is -0.419. The summed E-state index contributed by atoms with van der Waals surface area (Å²) in [6, 6.07) is 5.82. The van der Waals surface area contributed by atoms with E-state index >= 15 is 0 Å². The molecule has 2 rings (SSSR count). The summed E-state index contributed by atoms with van der Waals surface area (Å²) in [5.74, 6) is 4.39. The molecule has 0 aromatic heterocycles. The topological polar surface area (TPSA) is 187 Å². The summed E-state index contributed by atoms with van der Waals surface area (Å²) in [4.78, 5) is 26.6. The van der Waals surface area contributed by atoms with Crippen molar-refractivity contribution in [3.05, 3.63) is 45.5 Å². The highest BCUT2D eigenvalue weighted by molar-refractivity contribution is 7.91. The van der Waals surface area contributed by atoms with Crippen molar-refractivity contribution in [3.8, 4) is 17.6 Å². The normalized spacial score (nSPS) is 16.3. The molecule has 1 aromatic carbocycles. The van der Waals surface area contributed by atoms with Crippen LogP contribution in [0, 0.1) is 21.4 Å². The zero-order chi connectivity index (χ0) is 23.3. The molecule has 0 aliphatic carbocycles. The molecule has 0 bridgehead atoms. The summed E-state index contributed by atoms with van der Waals surface area (Å²) in [7, 11) is -2.67. The highest BCUT2D eigenvalue weighted by Crippen LogP contribution is 2.29. The minimum absolute atomic E-state index is 0.00620. The zero-order valence-corrected chi connectivity index (χ0v) is 17.6. The lowest BCUT2D eigenvalue weighted by atomic mass is 10.2. The van der Waals surface area contributed by atoms with Crippen LogP contribution in [-0.2, 0) is 19.4 Å². The lowest BCUT2D eigenvalue weighted by Crippen LogP contribution is -2.50. The van der Waals surface area contributed by atoms with Gasteiger partial charge in [-0.05, 0) is 19.1 Å². The van der Waals surface area contributed by atoms with Crippen LogP contribution >= 0.6 is 0 Å². The summed E-state index contributed by atoms with van der Waals surface area (Å²) in [5.41, 5.74) is -3.00. The van der Waals surface area contributed by atoms with Gasteiger partial charge < -0.3 is 14.2 Å². The molecule has 1 aromatic rings. The number of benzene rings is 1. The molecular formula is C17H19N5O8S. The van der Waals surface area contributed by atoms with Crippen LogP contribution in [0.25, 0.3) is 0 Å². The van der Waals surface area contributed by atoms with Crippen LogP contribution in [0.1, 0.15) is 18.9 Å². The van der Waals surface area contributed by atoms with Crippen LogP contribution in [0.5, 0.6) is 11.5 Å². The third kappa shape index (κ3) is 5.47. The van der Waals surface area contributed by atoms with Crippen molar-refractivity contribution < 1.29 is 32.3 Å². The number of nitrogens with zero attached hydrogens (tertiary/aromatic N) is 4. The Bertz CT molecular complexity index is 1110. The van der Waals surface area contributed by atoms with E-state index in [9.17, 15) is 23.3 Å². The third-order valence-electron chi connectivity index (χ3n) is 3.86. The number of nitrogens with two attached hydrogens (primary N) is 1. The highest BCUT2D eigenvalue weighted by atomic mass is 32.2. The number of carbonyl (C=O) groups excluding carboxylic acids is 1. The molecule has 1 heterocycles. The van der Waals surface area contributed by atoms with Gasteiger partial charge in [-0.15, -0.1) is 0 Å². The quantitative estimate of drug-likeness (QED) is 0.247. The minimum Gasteiger partial charge on any atom is -0.497 e. The van der Waals surface area contributed by atoms with Crippen LogP contribution in [0.3, 0.4) is 0 Å². The van der Waals surface area contributed by atoms with Gasteiger partial charge in [-0.1, -0.05) is 0 Å². The van der Waals surface area contributed by atoms with Gasteiger partial charge in [0, 0.05) is 12.3 Å². The number of hydrogen-bond acceptors (Lipinski definition) is 12. The SMILES string of the molecule is CCOC(=O)CC1=NC(S(C)(=O)=O)N(N)C(Oc2cc(C#N)cc(OC)c2)=C1[N+](=O)[O-]. The van der Waals surface area contributed by atoms with Crippen molar-refractivity contribution in [2.45, 2.75) is 18.8 Å². The smallest absolute Gasteiger partial charge is 0.352 e. The summed E-state index contributed by atoms with van der Waals surface area (Å²) >= 11 is 0. The number of nitriles is 1. The van der Waals surface area contributed by atoms with E-state index in [0.717, 1.165) is 6.26 Å². The maximum absolute atomic E-state index is 12.2. The molecule has 0 amide bonds. The van der Waals surface area contributed by atoms with Crippen molar-refractivity contribution in [1.82, 2.24) is 5.01 Å². The Morgan fingerprint density at radius 1 is 1.39 bits per heavy atom. The predicted molar refractivity (Wildman–Crippen MR) is 106 cm³/mol. The Balaban J connectivity index is 2.66. The third-order valence-corrected chi connectivity index (χ3v) is 4.96. The number of nitro groups is 1. The molecule has 0 saturated carbocycles. The van der Waals surface area contributed by atoms with E-state index in [-0.39, 0.29) is 23.7 Å². The van der Waals surface area contributed by atoms with Crippen molar-refractivity contribution in [1.29, 1.82) is 5.26 Å². The molecule has 1 aliphatic heterocycles. The zero-order valence-electron chi connectivity index (χ0n) is 16.8. The number of allylic oxidation sites excluding steroid dienone is 1. The molecular weight excluding hydrogens is 434 g/mol. The first kappa shape index (κ1) is 23.6. The maximum atomic E-state index is 12.2. The molecule has 1 unspecified atom stereocenters. The van der Waals surface area contributed by atoms with Crippen LogP contribution in [0.15, 0.2) is 34.8 Å². The average Bonchev–Trinajstić information content (AvgIpc) is 2.68. The van der Waals surface area contributed by atoms with E-state index < -0.39 is 49.9 Å². The molecule has 2 N–H and O–H groups in total. The molecule has 0 fully saturated rings. The molecule has 0 spiro atoms. The summed E-state index contributed by atoms with van der Waals surface area (Å²) in [6.45, 7) is 1.54. The van der Waals surface area contributed by atoms with Crippen molar-refractivity contribution in [3.63, 3.8) is 0 Å². The Labute approximate surface area is 177 Å². The predicted octanol–water partition coefficient (Wildman–Crippen LogP) is 0.303. The van der Waals surface area contributed by atoms with Gasteiger partial charge in [0.1, 0.15) is 17.2 Å². The number of ether oxygens (including phenoxy) is 3. The molecule has 31 heavy (non-hydrogen) atoms. The molecule has 0 radical (unpaired) electrons.